The fourth-order valence-electron chi connectivity index (χ4n) is 0.304. The second-order valence-corrected chi connectivity index (χ2v) is 3.05. The Balaban J connectivity index is 2.68. The van der Waals surface area contributed by atoms with Gasteiger partial charge in [-0.1, -0.05) is 22.9 Å². The highest BCUT2D eigenvalue weighted by Crippen LogP contribution is 2.03. The molecule has 0 saturated heterocycles. The van der Waals surface area contributed by atoms with E-state index in [0.717, 1.165) is 6.42 Å². The molecule has 0 spiro atoms. The van der Waals surface area contributed by atoms with Gasteiger partial charge in [0.25, 0.3) is 0 Å². The summed E-state index contributed by atoms with van der Waals surface area (Å²) in [5.41, 5.74) is 0. The lowest BCUT2D eigenvalue weighted by atomic mass is 10.3. The maximum Gasteiger partial charge on any atom is 0.0463 e. The molecule has 0 amide bonds. The van der Waals surface area contributed by atoms with Gasteiger partial charge >= 0.3 is 0 Å². The number of hydrogen-bond acceptors (Lipinski definition) is 1. The van der Waals surface area contributed by atoms with E-state index < -0.39 is 0 Å². The normalized spacial score (nSPS) is 14.1. The van der Waals surface area contributed by atoms with E-state index >= 15 is 0 Å². The van der Waals surface area contributed by atoms with Gasteiger partial charge in [-0.2, -0.15) is 0 Å². The molecule has 0 aromatic rings. The molecule has 7 heavy (non-hydrogen) atoms. The smallest absolute Gasteiger partial charge is 0.0463 e. The van der Waals surface area contributed by atoms with Crippen LogP contribution in [0, 0.1) is 6.42 Å². The van der Waals surface area contributed by atoms with E-state index in [1.165, 1.54) is 0 Å². The lowest BCUT2D eigenvalue weighted by molar-refractivity contribution is 0.323. The molecular weight excluding hydrogens is 156 g/mol. The molecule has 0 heterocycles. The molecule has 1 atom stereocenters. The fourth-order valence-corrected chi connectivity index (χ4v) is 0.569. The van der Waals surface area contributed by atoms with Crippen LogP contribution in [0.15, 0.2) is 0 Å². The fraction of sp³-hybridized carbons (Fsp3) is 0.800. The van der Waals surface area contributed by atoms with E-state index in [4.69, 9.17) is 5.11 Å². The number of aliphatic hydroxyl groups excluding tert-OH is 1. The molecule has 0 aliphatic carbocycles. The predicted octanol–water partition coefficient (Wildman–Crippen LogP) is 1.36. The number of aliphatic hydroxyl groups is 1. The van der Waals surface area contributed by atoms with Crippen molar-refractivity contribution in [2.24, 2.45) is 0 Å². The highest BCUT2D eigenvalue weighted by Gasteiger charge is 1.91. The maximum absolute atomic E-state index is 8.24. The van der Waals surface area contributed by atoms with Crippen molar-refractivity contribution in [2.45, 2.75) is 18.2 Å². The number of alkyl halides is 1. The van der Waals surface area contributed by atoms with Crippen LogP contribution in [0.25, 0.3) is 0 Å². The summed E-state index contributed by atoms with van der Waals surface area (Å²) in [5, 5.41) is 8.24. The zero-order valence-corrected chi connectivity index (χ0v) is 5.98. The zero-order chi connectivity index (χ0) is 5.70. The molecule has 0 aliphatic rings. The van der Waals surface area contributed by atoms with Crippen molar-refractivity contribution < 1.29 is 5.11 Å². The summed E-state index contributed by atoms with van der Waals surface area (Å²) in [6.45, 7) is 2.24. The summed E-state index contributed by atoms with van der Waals surface area (Å²) in [4.78, 5) is 0.500. The van der Waals surface area contributed by atoms with Crippen LogP contribution in [0.4, 0.5) is 0 Å². The molecule has 1 N–H and O–H groups in total. The van der Waals surface area contributed by atoms with Crippen LogP contribution in [0.1, 0.15) is 13.3 Å². The van der Waals surface area contributed by atoms with Crippen molar-refractivity contribution in [3.8, 4) is 0 Å². The largest absolute Gasteiger partial charge is 0.396 e. The second-order valence-electron chi connectivity index (χ2n) is 1.49. The number of hydrogen-bond donors (Lipinski definition) is 1. The topological polar surface area (TPSA) is 20.2 Å². The van der Waals surface area contributed by atoms with Crippen molar-refractivity contribution >= 4 is 15.9 Å². The Kier molecular flexibility index (Phi) is 4.88. The van der Waals surface area contributed by atoms with Gasteiger partial charge in [-0.25, -0.2) is 0 Å². The summed E-state index contributed by atoms with van der Waals surface area (Å²) >= 11 is 3.33. The van der Waals surface area contributed by atoms with Crippen LogP contribution in [0.5, 0.6) is 0 Å². The molecule has 43 valence electrons. The summed E-state index contributed by atoms with van der Waals surface area (Å²) in [6.07, 6.45) is 2.77. The van der Waals surface area contributed by atoms with Gasteiger partial charge in [0.2, 0.25) is 0 Å². The first-order valence-electron chi connectivity index (χ1n) is 2.34. The van der Waals surface area contributed by atoms with Crippen LogP contribution < -0.4 is 0 Å². The van der Waals surface area contributed by atoms with Crippen molar-refractivity contribution in [2.75, 3.05) is 6.61 Å². The lowest BCUT2D eigenvalue weighted by Crippen LogP contribution is -1.92. The van der Waals surface area contributed by atoms with Gasteiger partial charge < -0.3 is 5.11 Å². The number of rotatable bonds is 3. The first kappa shape index (κ1) is 7.44. The van der Waals surface area contributed by atoms with E-state index in [1.807, 2.05) is 13.3 Å². The van der Waals surface area contributed by atoms with Gasteiger partial charge in [0.15, 0.2) is 0 Å². The summed E-state index contributed by atoms with van der Waals surface area (Å²) in [6, 6.07) is 0. The van der Waals surface area contributed by atoms with E-state index in [1.54, 1.807) is 0 Å². The Labute approximate surface area is 52.9 Å². The van der Waals surface area contributed by atoms with E-state index in [2.05, 4.69) is 15.9 Å². The molecule has 0 aliphatic heterocycles. The Hall–Kier alpha value is 0.440. The third-order valence-electron chi connectivity index (χ3n) is 0.621. The van der Waals surface area contributed by atoms with Crippen molar-refractivity contribution in [3.05, 3.63) is 6.42 Å². The highest BCUT2D eigenvalue weighted by atomic mass is 79.9. The predicted molar refractivity (Wildman–Crippen MR) is 34.4 cm³/mol. The average molecular weight is 166 g/mol. The van der Waals surface area contributed by atoms with Crippen LogP contribution in [-0.2, 0) is 0 Å². The van der Waals surface area contributed by atoms with Gasteiger partial charge in [-0.15, -0.1) is 0 Å². The minimum absolute atomic E-state index is 0.190. The average Bonchev–Trinajstić information content (AvgIpc) is 1.61. The minimum atomic E-state index is 0.190. The summed E-state index contributed by atoms with van der Waals surface area (Å²) in [5.74, 6) is 0. The van der Waals surface area contributed by atoms with Crippen LogP contribution in [0.3, 0.4) is 0 Å². The molecule has 1 unspecified atom stereocenters. The molecule has 1 nitrogen and oxygen atoms in total. The summed E-state index contributed by atoms with van der Waals surface area (Å²) in [7, 11) is 0. The van der Waals surface area contributed by atoms with Gasteiger partial charge in [-0.3, -0.25) is 0 Å². The van der Waals surface area contributed by atoms with E-state index in [0.29, 0.717) is 4.83 Å². The SMILES string of the molecule is CC(Br)C[CH]CO. The molecule has 0 saturated carbocycles. The van der Waals surface area contributed by atoms with Gasteiger partial charge in [-0.05, 0) is 12.8 Å². The van der Waals surface area contributed by atoms with Crippen molar-refractivity contribution in [1.82, 2.24) is 0 Å². The molecule has 1 radical (unpaired) electrons. The maximum atomic E-state index is 8.24. The monoisotopic (exact) mass is 165 g/mol. The second kappa shape index (κ2) is 4.60. The first-order valence-corrected chi connectivity index (χ1v) is 3.25. The van der Waals surface area contributed by atoms with Crippen LogP contribution >= 0.6 is 15.9 Å². The lowest BCUT2D eigenvalue weighted by Gasteiger charge is -1.96. The van der Waals surface area contributed by atoms with E-state index in [9.17, 15) is 0 Å². The Morgan fingerprint density at radius 1 is 1.86 bits per heavy atom. The number of halogens is 1. The van der Waals surface area contributed by atoms with E-state index in [-0.39, 0.29) is 6.61 Å². The third-order valence-corrected chi connectivity index (χ3v) is 0.994. The Bertz CT molecular complexity index is 37.1. The Morgan fingerprint density at radius 2 is 2.43 bits per heavy atom. The molecule has 0 rings (SSSR count). The first-order chi connectivity index (χ1) is 3.27. The standard InChI is InChI=1S/C5H10BrO/c1-5(6)3-2-4-7/h2,5,7H,3-4H2,1H3. The summed E-state index contributed by atoms with van der Waals surface area (Å²) < 4.78 is 0. The molecule has 2 heteroatoms. The van der Waals surface area contributed by atoms with Crippen molar-refractivity contribution in [3.63, 3.8) is 0 Å². The van der Waals surface area contributed by atoms with Gasteiger partial charge in [0.05, 0.1) is 0 Å². The zero-order valence-electron chi connectivity index (χ0n) is 4.39. The van der Waals surface area contributed by atoms with Crippen LogP contribution in [0.2, 0.25) is 0 Å². The Morgan fingerprint density at radius 3 is 2.57 bits per heavy atom. The minimum Gasteiger partial charge on any atom is -0.396 e. The van der Waals surface area contributed by atoms with Crippen molar-refractivity contribution in [1.29, 1.82) is 0 Å². The van der Waals surface area contributed by atoms with Gasteiger partial charge in [0, 0.05) is 11.4 Å². The molecule has 0 fully saturated rings. The molecular formula is C5H10BrO. The third kappa shape index (κ3) is 6.44. The van der Waals surface area contributed by atoms with Gasteiger partial charge in [0.1, 0.15) is 0 Å². The molecule has 0 aromatic heterocycles. The highest BCUT2D eigenvalue weighted by molar-refractivity contribution is 9.09. The van der Waals surface area contributed by atoms with Crippen LogP contribution in [-0.4, -0.2) is 16.5 Å². The molecule has 0 bridgehead atoms. The quantitative estimate of drug-likeness (QED) is 0.627. The molecule has 0 aromatic carbocycles.